The molecule has 5 nitrogen and oxygen atoms in total. The number of carbonyl (C=O) groups is 1. The number of amides is 1. The third kappa shape index (κ3) is 6.79. The molecule has 1 fully saturated rings. The van der Waals surface area contributed by atoms with Crippen LogP contribution < -0.4 is 16.4 Å². The highest BCUT2D eigenvalue weighted by atomic mass is 16.1. The summed E-state index contributed by atoms with van der Waals surface area (Å²) in [6.45, 7) is 10.3. The second kappa shape index (κ2) is 9.79. The van der Waals surface area contributed by atoms with Crippen molar-refractivity contribution in [2.24, 2.45) is 5.41 Å². The minimum Gasteiger partial charge on any atom is -0.397 e. The van der Waals surface area contributed by atoms with Crippen molar-refractivity contribution >= 4 is 23.0 Å². The molecule has 0 radical (unpaired) electrons. The number of nitrogens with zero attached hydrogens (tertiary/aromatic N) is 1. The first-order valence-electron chi connectivity index (χ1n) is 10.0. The van der Waals surface area contributed by atoms with Crippen LogP contribution in [-0.2, 0) is 0 Å². The highest BCUT2D eigenvalue weighted by molar-refractivity contribution is 6.05. The Morgan fingerprint density at radius 3 is 2.28 bits per heavy atom. The maximum Gasteiger partial charge on any atom is 0.255 e. The number of hydrogen-bond acceptors (Lipinski definition) is 4. The summed E-state index contributed by atoms with van der Waals surface area (Å²) in [6.07, 6.45) is 2.29. The maximum atomic E-state index is 12.4. The molecule has 0 atom stereocenters. The quantitative estimate of drug-likeness (QED) is 0.617. The van der Waals surface area contributed by atoms with Crippen LogP contribution in [0.5, 0.6) is 0 Å². The number of rotatable bonds is 5. The van der Waals surface area contributed by atoms with E-state index in [1.54, 1.807) is 12.1 Å². The van der Waals surface area contributed by atoms with Gasteiger partial charge in [0.2, 0.25) is 0 Å². The Kier molecular flexibility index (Phi) is 7.68. The summed E-state index contributed by atoms with van der Waals surface area (Å²) in [7, 11) is 0. The summed E-state index contributed by atoms with van der Waals surface area (Å²) in [5.41, 5.74) is 9.12. The molecule has 158 valence electrons. The molecule has 29 heavy (non-hydrogen) atoms. The van der Waals surface area contributed by atoms with Gasteiger partial charge in [-0.3, -0.25) is 4.79 Å². The minimum atomic E-state index is -0.153. The maximum absolute atomic E-state index is 12.4. The molecule has 3 rings (SSSR count). The van der Waals surface area contributed by atoms with Crippen molar-refractivity contribution < 1.29 is 4.79 Å². The lowest BCUT2D eigenvalue weighted by Crippen LogP contribution is -2.42. The normalized spacial score (nSPS) is 15.4. The molecule has 0 unspecified atom stereocenters. The van der Waals surface area contributed by atoms with Gasteiger partial charge in [0.05, 0.1) is 11.4 Å². The average Bonchev–Trinajstić information content (AvgIpc) is 2.64. The van der Waals surface area contributed by atoms with Gasteiger partial charge in [-0.2, -0.15) is 0 Å². The molecule has 0 bridgehead atoms. The number of likely N-dealkylation sites (tertiary alicyclic amines) is 1. The number of nitrogens with two attached hydrogens (primary N) is 1. The van der Waals surface area contributed by atoms with Gasteiger partial charge in [0.25, 0.3) is 5.91 Å². The summed E-state index contributed by atoms with van der Waals surface area (Å²) >= 11 is 0. The molecule has 1 saturated heterocycles. The first kappa shape index (κ1) is 22.8. The van der Waals surface area contributed by atoms with E-state index in [4.69, 9.17) is 5.73 Å². The Morgan fingerprint density at radius 1 is 1.07 bits per heavy atom. The van der Waals surface area contributed by atoms with Gasteiger partial charge in [0, 0.05) is 36.9 Å². The van der Waals surface area contributed by atoms with Crippen molar-refractivity contribution in [1.82, 2.24) is 4.90 Å². The molecule has 0 aliphatic carbocycles. The van der Waals surface area contributed by atoms with Crippen LogP contribution in [0.1, 0.15) is 51.4 Å². The molecule has 1 amide bonds. The number of piperidine rings is 1. The van der Waals surface area contributed by atoms with Crippen molar-refractivity contribution in [3.63, 3.8) is 0 Å². The van der Waals surface area contributed by atoms with Gasteiger partial charge in [-0.1, -0.05) is 40.3 Å². The lowest BCUT2D eigenvalue weighted by Gasteiger charge is -2.36. The Morgan fingerprint density at radius 2 is 1.69 bits per heavy atom. The molecule has 0 saturated carbocycles. The van der Waals surface area contributed by atoms with E-state index in [0.29, 0.717) is 28.4 Å². The SMILES string of the molecule is C.CC(C)(C)CN1CCC(Nc2ccc(C(=O)Nc3ccccc3N)cc2)CC1. The molecule has 1 heterocycles. The van der Waals surface area contributed by atoms with Crippen LogP contribution in [0.2, 0.25) is 0 Å². The molecular weight excluding hydrogens is 360 g/mol. The highest BCUT2D eigenvalue weighted by Crippen LogP contribution is 2.22. The van der Waals surface area contributed by atoms with E-state index in [9.17, 15) is 4.79 Å². The zero-order chi connectivity index (χ0) is 20.1. The van der Waals surface area contributed by atoms with Gasteiger partial charge in [0.15, 0.2) is 0 Å². The van der Waals surface area contributed by atoms with Crippen LogP contribution in [0, 0.1) is 5.41 Å². The summed E-state index contributed by atoms with van der Waals surface area (Å²) < 4.78 is 0. The van der Waals surface area contributed by atoms with E-state index in [0.717, 1.165) is 38.2 Å². The predicted molar refractivity (Wildman–Crippen MR) is 125 cm³/mol. The van der Waals surface area contributed by atoms with E-state index in [1.807, 2.05) is 36.4 Å². The first-order valence-corrected chi connectivity index (χ1v) is 10.0. The second-order valence-electron chi connectivity index (χ2n) is 8.87. The predicted octanol–water partition coefficient (Wildman–Crippen LogP) is 5.08. The zero-order valence-electron chi connectivity index (χ0n) is 17.2. The monoisotopic (exact) mass is 396 g/mol. The van der Waals surface area contributed by atoms with Gasteiger partial charge in [0.1, 0.15) is 0 Å². The molecule has 1 aliphatic heterocycles. The van der Waals surface area contributed by atoms with E-state index in [2.05, 4.69) is 36.3 Å². The Bertz CT molecular complexity index is 787. The fourth-order valence-corrected chi connectivity index (χ4v) is 3.67. The van der Waals surface area contributed by atoms with Crippen LogP contribution in [0.15, 0.2) is 48.5 Å². The van der Waals surface area contributed by atoms with Gasteiger partial charge < -0.3 is 21.3 Å². The largest absolute Gasteiger partial charge is 0.397 e. The van der Waals surface area contributed by atoms with Gasteiger partial charge >= 0.3 is 0 Å². The van der Waals surface area contributed by atoms with Crippen molar-refractivity contribution in [3.05, 3.63) is 54.1 Å². The van der Waals surface area contributed by atoms with Crippen LogP contribution in [0.4, 0.5) is 17.1 Å². The Hall–Kier alpha value is -2.53. The highest BCUT2D eigenvalue weighted by Gasteiger charge is 2.22. The van der Waals surface area contributed by atoms with E-state index in [-0.39, 0.29) is 13.3 Å². The van der Waals surface area contributed by atoms with Crippen LogP contribution in [0.3, 0.4) is 0 Å². The standard InChI is InChI=1S/C23H32N4O.CH4/c1-23(2,3)16-27-14-12-19(13-15-27)25-18-10-8-17(9-11-18)22(28)26-21-7-5-4-6-20(21)24;/h4-11,19,25H,12-16,24H2,1-3H3,(H,26,28);1H4. The number of nitrogens with one attached hydrogen (secondary N) is 2. The third-order valence-corrected chi connectivity index (χ3v) is 5.01. The number of anilines is 3. The van der Waals surface area contributed by atoms with Crippen molar-refractivity contribution in [3.8, 4) is 0 Å². The molecule has 0 spiro atoms. The average molecular weight is 397 g/mol. The van der Waals surface area contributed by atoms with Gasteiger partial charge in [-0.25, -0.2) is 0 Å². The number of benzene rings is 2. The van der Waals surface area contributed by atoms with Crippen LogP contribution >= 0.6 is 0 Å². The molecule has 4 N–H and O–H groups in total. The van der Waals surface area contributed by atoms with E-state index < -0.39 is 0 Å². The van der Waals surface area contributed by atoms with E-state index >= 15 is 0 Å². The van der Waals surface area contributed by atoms with Crippen molar-refractivity contribution in [1.29, 1.82) is 0 Å². The van der Waals surface area contributed by atoms with Gasteiger partial charge in [-0.15, -0.1) is 0 Å². The summed E-state index contributed by atoms with van der Waals surface area (Å²) in [5, 5.41) is 6.47. The van der Waals surface area contributed by atoms with Crippen molar-refractivity contribution in [2.75, 3.05) is 36.0 Å². The molecule has 2 aromatic rings. The number of nitrogen functional groups attached to an aromatic ring is 1. The minimum absolute atomic E-state index is 0. The lowest BCUT2D eigenvalue weighted by atomic mass is 9.94. The third-order valence-electron chi connectivity index (χ3n) is 5.01. The number of carbonyl (C=O) groups excluding carboxylic acids is 1. The Labute approximate surface area is 175 Å². The molecular formula is C24H36N4O. The summed E-state index contributed by atoms with van der Waals surface area (Å²) in [4.78, 5) is 15.0. The number of para-hydroxylation sites is 2. The zero-order valence-corrected chi connectivity index (χ0v) is 17.2. The molecule has 0 aromatic heterocycles. The second-order valence-corrected chi connectivity index (χ2v) is 8.87. The Balaban J connectivity index is 0.00000300. The smallest absolute Gasteiger partial charge is 0.255 e. The van der Waals surface area contributed by atoms with E-state index in [1.165, 1.54) is 0 Å². The van der Waals surface area contributed by atoms with Crippen LogP contribution in [-0.4, -0.2) is 36.5 Å². The summed E-state index contributed by atoms with van der Waals surface area (Å²) in [5.74, 6) is -0.153. The molecule has 5 heteroatoms. The number of hydrogen-bond donors (Lipinski definition) is 3. The fraction of sp³-hybridized carbons (Fsp3) is 0.458. The first-order chi connectivity index (χ1) is 13.3. The molecule has 2 aromatic carbocycles. The van der Waals surface area contributed by atoms with Crippen LogP contribution in [0.25, 0.3) is 0 Å². The fourth-order valence-electron chi connectivity index (χ4n) is 3.67. The summed E-state index contributed by atoms with van der Waals surface area (Å²) in [6, 6.07) is 15.4. The molecule has 1 aliphatic rings. The lowest BCUT2D eigenvalue weighted by molar-refractivity contribution is 0.102. The van der Waals surface area contributed by atoms with Crippen molar-refractivity contribution in [2.45, 2.75) is 47.1 Å². The topological polar surface area (TPSA) is 70.4 Å². The van der Waals surface area contributed by atoms with Gasteiger partial charge in [-0.05, 0) is 54.7 Å².